The highest BCUT2D eigenvalue weighted by Gasteiger charge is 2.23. The Morgan fingerprint density at radius 2 is 1.50 bits per heavy atom. The molecule has 1 aromatic rings. The van der Waals surface area contributed by atoms with Crippen molar-refractivity contribution in [3.05, 3.63) is 41.4 Å². The van der Waals surface area contributed by atoms with E-state index in [0.717, 1.165) is 0 Å². The van der Waals surface area contributed by atoms with E-state index in [1.165, 1.54) is 5.56 Å². The minimum Gasteiger partial charge on any atom is -0.0689 e. The summed E-state index contributed by atoms with van der Waals surface area (Å²) in [6, 6.07) is 10.7. The maximum atomic E-state index is 2.38. The Kier molecular flexibility index (Phi) is 2.73. The minimum atomic E-state index is -1.08. The maximum Gasteiger partial charge on any atom is 0.0561 e. The van der Waals surface area contributed by atoms with Crippen LogP contribution in [0.5, 0.6) is 0 Å². The first-order chi connectivity index (χ1) is 5.52. The van der Waals surface area contributed by atoms with Gasteiger partial charge in [-0.2, -0.15) is 0 Å². The van der Waals surface area contributed by atoms with E-state index in [1.807, 2.05) is 0 Å². The molecule has 0 saturated carbocycles. The molecule has 1 aromatic carbocycles. The van der Waals surface area contributed by atoms with E-state index in [1.54, 1.807) is 5.54 Å². The highest BCUT2D eigenvalue weighted by atomic mass is 28.3. The van der Waals surface area contributed by atoms with Gasteiger partial charge in [0.15, 0.2) is 0 Å². The van der Waals surface area contributed by atoms with Gasteiger partial charge in [0.1, 0.15) is 0 Å². The fourth-order valence-electron chi connectivity index (χ4n) is 1.12. The van der Waals surface area contributed by atoms with Crippen molar-refractivity contribution in [2.45, 2.75) is 26.6 Å². The molecule has 1 heteroatoms. The van der Waals surface area contributed by atoms with E-state index in [4.69, 9.17) is 0 Å². The summed E-state index contributed by atoms with van der Waals surface area (Å²) in [7, 11) is -1.08. The summed E-state index contributed by atoms with van der Waals surface area (Å²) in [5.41, 5.74) is 3.00. The van der Waals surface area contributed by atoms with Crippen molar-refractivity contribution in [1.29, 1.82) is 0 Å². The SMILES string of the molecule is C[C](c1ccccc1)[Si](C)(C)C. The van der Waals surface area contributed by atoms with Gasteiger partial charge in [-0.05, 0) is 11.1 Å². The van der Waals surface area contributed by atoms with E-state index in [2.05, 4.69) is 56.9 Å². The third kappa shape index (κ3) is 2.21. The quantitative estimate of drug-likeness (QED) is 0.606. The summed E-state index contributed by atoms with van der Waals surface area (Å²) in [6.45, 7) is 9.42. The Bertz CT molecular complexity index is 233. The second-order valence-electron chi connectivity index (χ2n) is 4.24. The number of benzene rings is 1. The summed E-state index contributed by atoms with van der Waals surface area (Å²) in [5, 5.41) is 0. The zero-order chi connectivity index (χ0) is 9.19. The second-order valence-corrected chi connectivity index (χ2v) is 9.49. The molecule has 12 heavy (non-hydrogen) atoms. The minimum absolute atomic E-state index is 1.08. The van der Waals surface area contributed by atoms with Crippen molar-refractivity contribution in [2.75, 3.05) is 0 Å². The van der Waals surface area contributed by atoms with Gasteiger partial charge in [0.05, 0.1) is 8.07 Å². The van der Waals surface area contributed by atoms with Crippen LogP contribution < -0.4 is 0 Å². The molecule has 0 heterocycles. The molecule has 0 aliphatic carbocycles. The van der Waals surface area contributed by atoms with Crippen molar-refractivity contribution >= 4 is 8.07 Å². The summed E-state index contributed by atoms with van der Waals surface area (Å²) >= 11 is 0. The van der Waals surface area contributed by atoms with Crippen molar-refractivity contribution in [3.8, 4) is 0 Å². The first-order valence-corrected chi connectivity index (χ1v) is 7.91. The van der Waals surface area contributed by atoms with Crippen LogP contribution in [0.2, 0.25) is 19.6 Å². The smallest absolute Gasteiger partial charge is 0.0561 e. The van der Waals surface area contributed by atoms with Crippen LogP contribution in [-0.4, -0.2) is 8.07 Å². The van der Waals surface area contributed by atoms with Crippen molar-refractivity contribution in [3.63, 3.8) is 0 Å². The van der Waals surface area contributed by atoms with Crippen LogP contribution in [0.15, 0.2) is 30.3 Å². The van der Waals surface area contributed by atoms with E-state index >= 15 is 0 Å². The van der Waals surface area contributed by atoms with Crippen LogP contribution in [0.4, 0.5) is 0 Å². The molecule has 0 amide bonds. The molecule has 0 aromatic heterocycles. The van der Waals surface area contributed by atoms with Crippen LogP contribution >= 0.6 is 0 Å². The van der Waals surface area contributed by atoms with Gasteiger partial charge in [-0.15, -0.1) is 0 Å². The fraction of sp³-hybridized carbons (Fsp3) is 0.364. The summed E-state index contributed by atoms with van der Waals surface area (Å²) in [6.07, 6.45) is 0. The molecule has 1 radical (unpaired) electrons. The monoisotopic (exact) mass is 177 g/mol. The molecule has 0 fully saturated rings. The van der Waals surface area contributed by atoms with Gasteiger partial charge in [0, 0.05) is 0 Å². The molecule has 0 N–H and O–H groups in total. The standard InChI is InChI=1S/C11H17Si/c1-10(12(2,3)4)11-8-6-5-7-9-11/h5-9H,1-4H3. The number of rotatable bonds is 2. The zero-order valence-electron chi connectivity index (χ0n) is 8.39. The van der Waals surface area contributed by atoms with Crippen molar-refractivity contribution in [2.24, 2.45) is 0 Å². The third-order valence-corrected chi connectivity index (χ3v) is 4.87. The average molecular weight is 177 g/mol. The van der Waals surface area contributed by atoms with Gasteiger partial charge in [0.25, 0.3) is 0 Å². The molecule has 0 spiro atoms. The Morgan fingerprint density at radius 1 is 1.00 bits per heavy atom. The summed E-state index contributed by atoms with van der Waals surface area (Å²) < 4.78 is 0. The van der Waals surface area contributed by atoms with Crippen molar-refractivity contribution < 1.29 is 0 Å². The van der Waals surface area contributed by atoms with Gasteiger partial charge in [-0.3, -0.25) is 0 Å². The first-order valence-electron chi connectivity index (χ1n) is 4.41. The predicted molar refractivity (Wildman–Crippen MR) is 57.8 cm³/mol. The molecular weight excluding hydrogens is 160 g/mol. The van der Waals surface area contributed by atoms with Crippen LogP contribution in [0.1, 0.15) is 12.5 Å². The fourth-order valence-corrected chi connectivity index (χ4v) is 2.15. The topological polar surface area (TPSA) is 0 Å². The van der Waals surface area contributed by atoms with Crippen LogP contribution in [0.25, 0.3) is 0 Å². The van der Waals surface area contributed by atoms with E-state index < -0.39 is 8.07 Å². The molecule has 0 atom stereocenters. The van der Waals surface area contributed by atoms with Gasteiger partial charge in [0.2, 0.25) is 0 Å². The normalized spacial score (nSPS) is 12.1. The highest BCUT2D eigenvalue weighted by molar-refractivity contribution is 6.82. The highest BCUT2D eigenvalue weighted by Crippen LogP contribution is 2.24. The largest absolute Gasteiger partial charge is 0.0689 e. The lowest BCUT2D eigenvalue weighted by molar-refractivity contribution is 1.28. The molecule has 0 aliphatic rings. The van der Waals surface area contributed by atoms with Gasteiger partial charge in [-0.1, -0.05) is 56.9 Å². The Labute approximate surface area is 76.6 Å². The maximum absolute atomic E-state index is 2.38. The van der Waals surface area contributed by atoms with Crippen LogP contribution in [0, 0.1) is 5.54 Å². The molecule has 0 bridgehead atoms. The Balaban J connectivity index is 2.86. The Hall–Kier alpha value is -0.563. The lowest BCUT2D eigenvalue weighted by Gasteiger charge is -2.24. The molecule has 0 nitrogen and oxygen atoms in total. The molecule has 65 valence electrons. The van der Waals surface area contributed by atoms with Gasteiger partial charge >= 0.3 is 0 Å². The molecular formula is C11H17Si. The molecule has 1 rings (SSSR count). The lowest BCUT2D eigenvalue weighted by Crippen LogP contribution is -2.29. The van der Waals surface area contributed by atoms with Gasteiger partial charge in [-0.25, -0.2) is 0 Å². The Morgan fingerprint density at radius 3 is 1.92 bits per heavy atom. The average Bonchev–Trinajstić information content (AvgIpc) is 2.03. The third-order valence-electron chi connectivity index (χ3n) is 2.33. The first kappa shape index (κ1) is 9.52. The van der Waals surface area contributed by atoms with Crippen molar-refractivity contribution in [1.82, 2.24) is 0 Å². The number of hydrogen-bond acceptors (Lipinski definition) is 0. The van der Waals surface area contributed by atoms with Gasteiger partial charge < -0.3 is 0 Å². The van der Waals surface area contributed by atoms with Crippen LogP contribution in [-0.2, 0) is 0 Å². The summed E-state index contributed by atoms with van der Waals surface area (Å²) in [5.74, 6) is 0. The van der Waals surface area contributed by atoms with E-state index in [0.29, 0.717) is 0 Å². The lowest BCUT2D eigenvalue weighted by atomic mass is 10.2. The molecule has 0 unspecified atom stereocenters. The summed E-state index contributed by atoms with van der Waals surface area (Å²) in [4.78, 5) is 0. The molecule has 0 saturated heterocycles. The number of hydrogen-bond donors (Lipinski definition) is 0. The van der Waals surface area contributed by atoms with Crippen LogP contribution in [0.3, 0.4) is 0 Å². The van der Waals surface area contributed by atoms with E-state index in [9.17, 15) is 0 Å². The second kappa shape index (κ2) is 3.44. The predicted octanol–water partition coefficient (Wildman–Crippen LogP) is 3.51. The zero-order valence-corrected chi connectivity index (χ0v) is 9.39. The van der Waals surface area contributed by atoms with E-state index in [-0.39, 0.29) is 0 Å². The molecule has 0 aliphatic heterocycles.